The molecule has 9 nitrogen and oxygen atoms in total. The van der Waals surface area contributed by atoms with Crippen molar-refractivity contribution in [1.29, 1.82) is 0 Å². The molecule has 3 atom stereocenters. The zero-order chi connectivity index (χ0) is 34.4. The summed E-state index contributed by atoms with van der Waals surface area (Å²) >= 11 is 0. The number of hydrogen-bond donors (Lipinski definition) is 2. The van der Waals surface area contributed by atoms with Crippen molar-refractivity contribution in [2.75, 3.05) is 38.4 Å². The summed E-state index contributed by atoms with van der Waals surface area (Å²) in [7, 11) is 0. The summed E-state index contributed by atoms with van der Waals surface area (Å²) in [5.41, 5.74) is 4.76. The highest BCUT2D eigenvalue weighted by atomic mass is 16.7. The first kappa shape index (κ1) is 35.2. The van der Waals surface area contributed by atoms with E-state index in [1.54, 1.807) is 0 Å². The van der Waals surface area contributed by atoms with Crippen LogP contribution in [0.5, 0.6) is 17.2 Å². The van der Waals surface area contributed by atoms with E-state index in [4.69, 9.17) is 18.9 Å². The Morgan fingerprint density at radius 2 is 1.52 bits per heavy atom. The molecule has 0 radical (unpaired) electrons. The fourth-order valence-corrected chi connectivity index (χ4v) is 6.87. The van der Waals surface area contributed by atoms with Crippen LogP contribution in [0.1, 0.15) is 75.8 Å². The molecule has 0 unspecified atom stereocenters. The molecule has 0 spiro atoms. The number of likely N-dealkylation sites (tertiary alicyclic amines) is 1. The molecule has 5 rings (SSSR count). The van der Waals surface area contributed by atoms with Gasteiger partial charge in [0, 0.05) is 24.2 Å². The number of para-hydroxylation sites is 1. The summed E-state index contributed by atoms with van der Waals surface area (Å²) in [4.78, 5) is 29.1. The number of rotatable bonds is 15. The average molecular weight is 659 g/mol. The first-order valence-electron chi connectivity index (χ1n) is 17.1. The number of carbonyl (C=O) groups excluding carboxylic acids is 1. The van der Waals surface area contributed by atoms with Gasteiger partial charge in [-0.15, -0.1) is 0 Å². The standard InChI is InChI=1S/C39H50N2O7/c1-24(2)18-29-8-7-9-30(19-25(3)4)37(29)40-35(42)22-41-21-32(28-12-15-33-34(20-28)48-23-47-33)36(39(43)44)38(41)27-10-13-31(14-11-27)46-17-16-45-26(5)6/h7-15,20,24-26,32,36,38H,16-19,21-23H2,1-6H3,(H,40,42)(H,43,44)/t32-,36-,38+/m1/s1. The van der Waals surface area contributed by atoms with Crippen molar-refractivity contribution in [2.45, 2.75) is 72.4 Å². The summed E-state index contributed by atoms with van der Waals surface area (Å²) in [5.74, 6) is 0.484. The predicted molar refractivity (Wildman–Crippen MR) is 186 cm³/mol. The Morgan fingerprint density at radius 3 is 2.15 bits per heavy atom. The fourth-order valence-electron chi connectivity index (χ4n) is 6.87. The Bertz CT molecular complexity index is 1520. The number of amides is 1. The number of anilines is 1. The molecule has 9 heteroatoms. The third-order valence-corrected chi connectivity index (χ3v) is 8.84. The monoisotopic (exact) mass is 658 g/mol. The maximum atomic E-state index is 14.0. The summed E-state index contributed by atoms with van der Waals surface area (Å²) in [6.07, 6.45) is 1.82. The van der Waals surface area contributed by atoms with Crippen molar-refractivity contribution < 1.29 is 33.6 Å². The van der Waals surface area contributed by atoms with Crippen molar-refractivity contribution >= 4 is 17.6 Å². The molecule has 2 heterocycles. The van der Waals surface area contributed by atoms with E-state index in [1.807, 2.05) is 61.2 Å². The van der Waals surface area contributed by atoms with Crippen LogP contribution in [0.25, 0.3) is 0 Å². The molecule has 0 bridgehead atoms. The molecular formula is C39H50N2O7. The number of aliphatic carboxylic acids is 1. The zero-order valence-corrected chi connectivity index (χ0v) is 29.0. The predicted octanol–water partition coefficient (Wildman–Crippen LogP) is 7.10. The van der Waals surface area contributed by atoms with Crippen LogP contribution >= 0.6 is 0 Å². The third-order valence-electron chi connectivity index (χ3n) is 8.84. The van der Waals surface area contributed by atoms with Crippen LogP contribution in [0.3, 0.4) is 0 Å². The number of hydrogen-bond acceptors (Lipinski definition) is 7. The van der Waals surface area contributed by atoms with Crippen molar-refractivity contribution in [3.8, 4) is 17.2 Å². The van der Waals surface area contributed by atoms with Crippen LogP contribution in [-0.2, 0) is 27.2 Å². The quantitative estimate of drug-likeness (QED) is 0.167. The number of carbonyl (C=O) groups is 2. The number of nitrogens with one attached hydrogen (secondary N) is 1. The van der Waals surface area contributed by atoms with Crippen molar-refractivity contribution in [3.63, 3.8) is 0 Å². The second kappa shape index (κ2) is 15.9. The van der Waals surface area contributed by atoms with E-state index in [0.717, 1.165) is 40.8 Å². The van der Waals surface area contributed by atoms with E-state index >= 15 is 0 Å². The van der Waals surface area contributed by atoms with Crippen molar-refractivity contribution in [3.05, 3.63) is 82.9 Å². The first-order valence-corrected chi connectivity index (χ1v) is 17.1. The molecular weight excluding hydrogens is 608 g/mol. The molecule has 0 aliphatic carbocycles. The van der Waals surface area contributed by atoms with Crippen LogP contribution in [0, 0.1) is 17.8 Å². The molecule has 48 heavy (non-hydrogen) atoms. The highest BCUT2D eigenvalue weighted by Gasteiger charge is 2.48. The highest BCUT2D eigenvalue weighted by Crippen LogP contribution is 2.48. The molecule has 2 N–H and O–H groups in total. The number of carboxylic acids is 1. The van der Waals surface area contributed by atoms with Gasteiger partial charge in [-0.25, -0.2) is 0 Å². The second-order valence-electron chi connectivity index (χ2n) is 14.0. The van der Waals surface area contributed by atoms with E-state index in [1.165, 1.54) is 0 Å². The van der Waals surface area contributed by atoms with Gasteiger partial charge in [0.2, 0.25) is 12.7 Å². The number of fused-ring (bicyclic) bond motifs is 1. The lowest BCUT2D eigenvalue weighted by Crippen LogP contribution is -2.35. The van der Waals surface area contributed by atoms with E-state index in [0.29, 0.717) is 48.8 Å². The number of carboxylic acid groups (broad SMARTS) is 1. The summed E-state index contributed by atoms with van der Waals surface area (Å²) in [6.45, 7) is 14.1. The van der Waals surface area contributed by atoms with E-state index in [2.05, 4.69) is 51.2 Å². The first-order chi connectivity index (χ1) is 23.0. The number of benzene rings is 3. The van der Waals surface area contributed by atoms with Gasteiger partial charge in [-0.05, 0) is 85.0 Å². The van der Waals surface area contributed by atoms with Crippen LogP contribution < -0.4 is 19.5 Å². The Hall–Kier alpha value is -4.08. The van der Waals surface area contributed by atoms with E-state index in [9.17, 15) is 14.7 Å². The Morgan fingerprint density at radius 1 is 0.875 bits per heavy atom. The van der Waals surface area contributed by atoms with Crippen LogP contribution in [0.2, 0.25) is 0 Å². The van der Waals surface area contributed by atoms with Crippen molar-refractivity contribution in [1.82, 2.24) is 4.90 Å². The average Bonchev–Trinajstić information content (AvgIpc) is 3.65. The fraction of sp³-hybridized carbons (Fsp3) is 0.487. The molecule has 0 saturated carbocycles. The molecule has 2 aliphatic rings. The normalized spacial score (nSPS) is 19.0. The molecule has 2 aliphatic heterocycles. The summed E-state index contributed by atoms with van der Waals surface area (Å²) < 4.78 is 22.6. The van der Waals surface area contributed by atoms with E-state index in [-0.39, 0.29) is 31.3 Å². The maximum Gasteiger partial charge on any atom is 0.309 e. The lowest BCUT2D eigenvalue weighted by Gasteiger charge is -2.27. The zero-order valence-electron chi connectivity index (χ0n) is 29.0. The van der Waals surface area contributed by atoms with Gasteiger partial charge in [0.15, 0.2) is 11.5 Å². The SMILES string of the molecule is CC(C)Cc1cccc(CC(C)C)c1NC(=O)CN1C[C@H](c2ccc3c(c2)OCO3)[C@@H](C(=O)O)[C@@H]1c1ccc(OCCOC(C)C)cc1. The molecule has 1 fully saturated rings. The number of ether oxygens (including phenoxy) is 4. The molecule has 0 aromatic heterocycles. The highest BCUT2D eigenvalue weighted by molar-refractivity contribution is 5.94. The minimum atomic E-state index is -0.918. The minimum Gasteiger partial charge on any atom is -0.491 e. The topological polar surface area (TPSA) is 107 Å². The lowest BCUT2D eigenvalue weighted by molar-refractivity contribution is -0.143. The van der Waals surface area contributed by atoms with Gasteiger partial charge in [-0.2, -0.15) is 0 Å². The van der Waals surface area contributed by atoms with Gasteiger partial charge < -0.3 is 29.4 Å². The van der Waals surface area contributed by atoms with Crippen LogP contribution in [0.15, 0.2) is 60.7 Å². The Balaban J connectivity index is 1.44. The summed E-state index contributed by atoms with van der Waals surface area (Å²) in [6, 6.07) is 18.8. The largest absolute Gasteiger partial charge is 0.491 e. The minimum absolute atomic E-state index is 0.0391. The van der Waals surface area contributed by atoms with Gasteiger partial charge in [-0.3, -0.25) is 14.5 Å². The molecule has 1 saturated heterocycles. The van der Waals surface area contributed by atoms with Gasteiger partial charge in [0.05, 0.1) is 25.2 Å². The van der Waals surface area contributed by atoms with Crippen LogP contribution in [0.4, 0.5) is 5.69 Å². The molecule has 1 amide bonds. The Kier molecular flexibility index (Phi) is 11.7. The van der Waals surface area contributed by atoms with E-state index < -0.39 is 17.9 Å². The summed E-state index contributed by atoms with van der Waals surface area (Å²) in [5, 5.41) is 14.0. The smallest absolute Gasteiger partial charge is 0.309 e. The van der Waals surface area contributed by atoms with Gasteiger partial charge in [-0.1, -0.05) is 64.1 Å². The molecule has 258 valence electrons. The lowest BCUT2D eigenvalue weighted by atomic mass is 9.82. The van der Waals surface area contributed by atoms with Gasteiger partial charge >= 0.3 is 5.97 Å². The third kappa shape index (κ3) is 8.68. The maximum absolute atomic E-state index is 14.0. The Labute approximate surface area is 284 Å². The van der Waals surface area contributed by atoms with Gasteiger partial charge in [0.1, 0.15) is 12.4 Å². The van der Waals surface area contributed by atoms with Crippen LogP contribution in [-0.4, -0.2) is 61.1 Å². The second-order valence-corrected chi connectivity index (χ2v) is 14.0. The molecule has 3 aromatic carbocycles. The van der Waals surface area contributed by atoms with Crippen molar-refractivity contribution in [2.24, 2.45) is 17.8 Å². The number of nitrogens with zero attached hydrogens (tertiary/aromatic N) is 1. The van der Waals surface area contributed by atoms with Gasteiger partial charge in [0.25, 0.3) is 0 Å². The molecule has 3 aromatic rings.